The van der Waals surface area contributed by atoms with Crippen LogP contribution in [0.5, 0.6) is 0 Å². The first-order chi connectivity index (χ1) is 14.4. The van der Waals surface area contributed by atoms with Crippen molar-refractivity contribution >= 4 is 5.91 Å². The van der Waals surface area contributed by atoms with E-state index in [1.165, 1.54) is 0 Å². The molecule has 0 aliphatic carbocycles. The van der Waals surface area contributed by atoms with Gasteiger partial charge in [-0.05, 0) is 67.4 Å². The molecule has 8 heteroatoms. The molecule has 0 aliphatic rings. The van der Waals surface area contributed by atoms with Crippen LogP contribution in [0.15, 0.2) is 42.5 Å². The van der Waals surface area contributed by atoms with E-state index in [4.69, 9.17) is 4.74 Å². The molecule has 0 saturated heterocycles. The summed E-state index contributed by atoms with van der Waals surface area (Å²) in [5.41, 5.74) is 4.09. The Morgan fingerprint density at radius 1 is 1.17 bits per heavy atom. The second-order valence-corrected chi connectivity index (χ2v) is 7.24. The van der Waals surface area contributed by atoms with Crippen LogP contribution in [0.25, 0.3) is 16.8 Å². The number of hydrogen-bond acceptors (Lipinski definition) is 6. The SMILES string of the molecule is CCO[C@@H](C)c1nnnn1-c1cc(C(=O)NC(C)CO)cc(-c2ccc(C)cc2)c1. The van der Waals surface area contributed by atoms with Gasteiger partial charge in [0.15, 0.2) is 5.82 Å². The summed E-state index contributed by atoms with van der Waals surface area (Å²) in [6.45, 7) is 7.95. The molecule has 2 N–H and O–H groups in total. The van der Waals surface area contributed by atoms with Gasteiger partial charge in [-0.25, -0.2) is 0 Å². The summed E-state index contributed by atoms with van der Waals surface area (Å²) in [7, 11) is 0. The molecule has 30 heavy (non-hydrogen) atoms. The van der Waals surface area contributed by atoms with E-state index in [0.29, 0.717) is 23.7 Å². The maximum atomic E-state index is 12.8. The molecular weight excluding hydrogens is 382 g/mol. The molecule has 0 radical (unpaired) electrons. The van der Waals surface area contributed by atoms with Crippen molar-refractivity contribution in [1.29, 1.82) is 0 Å². The lowest BCUT2D eigenvalue weighted by Gasteiger charge is -2.15. The van der Waals surface area contributed by atoms with Crippen molar-refractivity contribution in [3.63, 3.8) is 0 Å². The van der Waals surface area contributed by atoms with Crippen LogP contribution >= 0.6 is 0 Å². The van der Waals surface area contributed by atoms with Gasteiger partial charge in [-0.1, -0.05) is 29.8 Å². The Balaban J connectivity index is 2.10. The number of hydrogen-bond donors (Lipinski definition) is 2. The minimum absolute atomic E-state index is 0.140. The predicted octanol–water partition coefficient (Wildman–Crippen LogP) is 2.85. The van der Waals surface area contributed by atoms with Crippen molar-refractivity contribution < 1.29 is 14.6 Å². The lowest BCUT2D eigenvalue weighted by atomic mass is 10.0. The quantitative estimate of drug-likeness (QED) is 0.593. The summed E-state index contributed by atoms with van der Waals surface area (Å²) >= 11 is 0. The minimum Gasteiger partial charge on any atom is -0.394 e. The summed E-state index contributed by atoms with van der Waals surface area (Å²) in [5, 5.41) is 24.1. The zero-order valence-corrected chi connectivity index (χ0v) is 17.7. The maximum absolute atomic E-state index is 12.8. The van der Waals surface area contributed by atoms with Gasteiger partial charge in [-0.15, -0.1) is 5.10 Å². The molecule has 0 spiro atoms. The van der Waals surface area contributed by atoms with Crippen molar-refractivity contribution in [2.45, 2.75) is 39.8 Å². The summed E-state index contributed by atoms with van der Waals surface area (Å²) in [6.07, 6.45) is -0.306. The average Bonchev–Trinajstić information content (AvgIpc) is 3.24. The highest BCUT2D eigenvalue weighted by Crippen LogP contribution is 2.26. The van der Waals surface area contributed by atoms with E-state index >= 15 is 0 Å². The number of aryl methyl sites for hydroxylation is 1. The van der Waals surface area contributed by atoms with Gasteiger partial charge in [0, 0.05) is 18.2 Å². The molecule has 8 nitrogen and oxygen atoms in total. The third kappa shape index (κ3) is 4.90. The Labute approximate surface area is 175 Å². The monoisotopic (exact) mass is 409 g/mol. The predicted molar refractivity (Wildman–Crippen MR) is 113 cm³/mol. The van der Waals surface area contributed by atoms with E-state index in [2.05, 4.69) is 20.8 Å². The van der Waals surface area contributed by atoms with Gasteiger partial charge in [0.1, 0.15) is 6.10 Å². The van der Waals surface area contributed by atoms with Gasteiger partial charge in [0.25, 0.3) is 5.91 Å². The number of amides is 1. The second kappa shape index (κ2) is 9.60. The van der Waals surface area contributed by atoms with Crippen LogP contribution in [0.2, 0.25) is 0 Å². The number of carbonyl (C=O) groups excluding carboxylic acids is 1. The Morgan fingerprint density at radius 2 is 1.90 bits per heavy atom. The van der Waals surface area contributed by atoms with Gasteiger partial charge in [0.2, 0.25) is 0 Å². The topological polar surface area (TPSA) is 102 Å². The highest BCUT2D eigenvalue weighted by molar-refractivity contribution is 5.96. The molecule has 0 bridgehead atoms. The van der Waals surface area contributed by atoms with Crippen molar-refractivity contribution in [3.8, 4) is 16.8 Å². The fraction of sp³-hybridized carbons (Fsp3) is 0.364. The number of tetrazole rings is 1. The molecule has 1 unspecified atom stereocenters. The number of benzene rings is 2. The summed E-state index contributed by atoms with van der Waals surface area (Å²) in [6, 6.07) is 13.2. The third-order valence-corrected chi connectivity index (χ3v) is 4.73. The van der Waals surface area contributed by atoms with E-state index in [9.17, 15) is 9.90 Å². The lowest BCUT2D eigenvalue weighted by molar-refractivity contribution is 0.0684. The van der Waals surface area contributed by atoms with Crippen molar-refractivity contribution in [1.82, 2.24) is 25.5 Å². The van der Waals surface area contributed by atoms with E-state index in [0.717, 1.165) is 16.7 Å². The third-order valence-electron chi connectivity index (χ3n) is 4.73. The smallest absolute Gasteiger partial charge is 0.251 e. The molecule has 1 aromatic heterocycles. The number of aliphatic hydroxyl groups is 1. The van der Waals surface area contributed by atoms with Gasteiger partial charge < -0.3 is 15.2 Å². The van der Waals surface area contributed by atoms with E-state index in [1.54, 1.807) is 17.7 Å². The van der Waals surface area contributed by atoms with Crippen LogP contribution in [0.1, 0.15) is 48.6 Å². The van der Waals surface area contributed by atoms with Crippen LogP contribution in [-0.2, 0) is 4.74 Å². The number of aliphatic hydroxyl groups excluding tert-OH is 1. The lowest BCUT2D eigenvalue weighted by Crippen LogP contribution is -2.35. The highest BCUT2D eigenvalue weighted by Gasteiger charge is 2.19. The number of aromatic nitrogens is 4. The minimum atomic E-state index is -0.356. The first-order valence-corrected chi connectivity index (χ1v) is 9.97. The standard InChI is InChI=1S/C22H27N5O3/c1-5-30-16(4)21-24-25-26-27(21)20-11-18(17-8-6-14(2)7-9-17)10-19(12-20)22(29)23-15(3)13-28/h6-12,15-16,28H,5,13H2,1-4H3,(H,23,29)/t15?,16-/m0/s1. The molecule has 1 heterocycles. The van der Waals surface area contributed by atoms with E-state index < -0.39 is 0 Å². The molecule has 3 rings (SSSR count). The highest BCUT2D eigenvalue weighted by atomic mass is 16.5. The molecule has 0 aliphatic heterocycles. The molecule has 2 aromatic carbocycles. The van der Waals surface area contributed by atoms with Crippen molar-refractivity contribution in [3.05, 3.63) is 59.4 Å². The largest absolute Gasteiger partial charge is 0.394 e. The molecule has 0 fully saturated rings. The Bertz CT molecular complexity index is 1000. The molecular formula is C22H27N5O3. The number of carbonyl (C=O) groups is 1. The zero-order valence-electron chi connectivity index (χ0n) is 17.7. The van der Waals surface area contributed by atoms with E-state index in [1.807, 2.05) is 57.2 Å². The Morgan fingerprint density at radius 3 is 2.57 bits per heavy atom. The van der Waals surface area contributed by atoms with Gasteiger partial charge in [0.05, 0.1) is 12.3 Å². The van der Waals surface area contributed by atoms with Crippen LogP contribution in [0, 0.1) is 6.92 Å². The number of rotatable bonds is 8. The van der Waals surface area contributed by atoms with Crippen LogP contribution < -0.4 is 5.32 Å². The van der Waals surface area contributed by atoms with Crippen LogP contribution in [0.4, 0.5) is 0 Å². The molecule has 0 saturated carbocycles. The van der Waals surface area contributed by atoms with Gasteiger partial charge >= 0.3 is 0 Å². The first kappa shape index (κ1) is 21.6. The fourth-order valence-corrected chi connectivity index (χ4v) is 3.09. The zero-order chi connectivity index (χ0) is 21.7. The van der Waals surface area contributed by atoms with Crippen LogP contribution in [0.3, 0.4) is 0 Å². The Hall–Kier alpha value is -3.10. The fourth-order valence-electron chi connectivity index (χ4n) is 3.09. The van der Waals surface area contributed by atoms with Crippen LogP contribution in [-0.4, -0.2) is 50.5 Å². The normalized spacial score (nSPS) is 13.1. The summed E-state index contributed by atoms with van der Waals surface area (Å²) < 4.78 is 7.24. The molecule has 158 valence electrons. The molecule has 3 aromatic rings. The molecule has 2 atom stereocenters. The first-order valence-electron chi connectivity index (χ1n) is 9.97. The van der Waals surface area contributed by atoms with Gasteiger partial charge in [-0.2, -0.15) is 4.68 Å². The number of nitrogens with zero attached hydrogens (tertiary/aromatic N) is 4. The van der Waals surface area contributed by atoms with Crippen molar-refractivity contribution in [2.24, 2.45) is 0 Å². The molecule has 1 amide bonds. The maximum Gasteiger partial charge on any atom is 0.251 e. The van der Waals surface area contributed by atoms with Crippen molar-refractivity contribution in [2.75, 3.05) is 13.2 Å². The van der Waals surface area contributed by atoms with Gasteiger partial charge in [-0.3, -0.25) is 4.79 Å². The summed E-state index contributed by atoms with van der Waals surface area (Å²) in [5.74, 6) is 0.271. The second-order valence-electron chi connectivity index (χ2n) is 7.24. The Kier molecular flexibility index (Phi) is 6.91. The van der Waals surface area contributed by atoms with E-state index in [-0.39, 0.29) is 24.7 Å². The summed E-state index contributed by atoms with van der Waals surface area (Å²) in [4.78, 5) is 12.8. The number of nitrogens with one attached hydrogen (secondary N) is 1. The average molecular weight is 409 g/mol. The number of ether oxygens (including phenoxy) is 1.